The standard InChI is InChI=1S/C23H28FN3O3/c1-30-20-5-4-18(21(24)11-20)14-26-9-6-23(7-10-26)12-19(28)15-27(16-23)22(29)17-3-2-8-25-13-17/h2-5,8,11,13,19,28H,6-7,9-10,12,14-16H2,1H3. The number of likely N-dealkylation sites (tertiary alicyclic amines) is 2. The zero-order valence-electron chi connectivity index (χ0n) is 17.3. The van der Waals surface area contributed by atoms with Gasteiger partial charge in [-0.15, -0.1) is 0 Å². The van der Waals surface area contributed by atoms with Gasteiger partial charge in [-0.25, -0.2) is 4.39 Å². The minimum absolute atomic E-state index is 0.0797. The average molecular weight is 413 g/mol. The average Bonchev–Trinajstić information content (AvgIpc) is 2.76. The molecule has 2 aromatic rings. The van der Waals surface area contributed by atoms with Gasteiger partial charge in [0.1, 0.15) is 11.6 Å². The maximum Gasteiger partial charge on any atom is 0.255 e. The highest BCUT2D eigenvalue weighted by molar-refractivity contribution is 5.94. The Morgan fingerprint density at radius 3 is 2.80 bits per heavy atom. The van der Waals surface area contributed by atoms with E-state index in [1.54, 1.807) is 41.6 Å². The monoisotopic (exact) mass is 413 g/mol. The van der Waals surface area contributed by atoms with Crippen LogP contribution < -0.4 is 4.74 Å². The lowest BCUT2D eigenvalue weighted by molar-refractivity contribution is -0.0338. The number of methoxy groups -OCH3 is 1. The van der Waals surface area contributed by atoms with Crippen LogP contribution in [0.5, 0.6) is 5.75 Å². The van der Waals surface area contributed by atoms with Crippen molar-refractivity contribution < 1.29 is 19.0 Å². The number of rotatable bonds is 4. The van der Waals surface area contributed by atoms with Crippen LogP contribution in [0, 0.1) is 11.2 Å². The van der Waals surface area contributed by atoms with E-state index in [1.807, 2.05) is 0 Å². The summed E-state index contributed by atoms with van der Waals surface area (Å²) in [4.78, 5) is 20.9. The third-order valence-corrected chi connectivity index (χ3v) is 6.39. The van der Waals surface area contributed by atoms with Crippen LogP contribution in [-0.4, -0.2) is 65.2 Å². The summed E-state index contributed by atoms with van der Waals surface area (Å²) in [7, 11) is 1.53. The second kappa shape index (κ2) is 8.70. The maximum absolute atomic E-state index is 14.3. The fourth-order valence-corrected chi connectivity index (χ4v) is 4.75. The zero-order chi connectivity index (χ0) is 21.1. The molecule has 2 saturated heterocycles. The van der Waals surface area contributed by atoms with Crippen LogP contribution in [0.3, 0.4) is 0 Å². The van der Waals surface area contributed by atoms with E-state index in [2.05, 4.69) is 9.88 Å². The van der Waals surface area contributed by atoms with Gasteiger partial charge in [-0.05, 0) is 56.0 Å². The van der Waals surface area contributed by atoms with Crippen molar-refractivity contribution in [3.05, 3.63) is 59.7 Å². The number of aliphatic hydroxyl groups is 1. The molecule has 160 valence electrons. The summed E-state index contributed by atoms with van der Waals surface area (Å²) in [6.45, 7) is 3.17. The molecule has 1 atom stereocenters. The van der Waals surface area contributed by atoms with Crippen LogP contribution in [0.15, 0.2) is 42.7 Å². The summed E-state index contributed by atoms with van der Waals surface area (Å²) < 4.78 is 19.4. The highest BCUT2D eigenvalue weighted by Crippen LogP contribution is 2.40. The SMILES string of the molecule is COc1ccc(CN2CCC3(CC2)CC(O)CN(C(=O)c2cccnc2)C3)c(F)c1. The maximum atomic E-state index is 14.3. The van der Waals surface area contributed by atoms with Gasteiger partial charge in [0.15, 0.2) is 0 Å². The Bertz CT molecular complexity index is 885. The number of amides is 1. The highest BCUT2D eigenvalue weighted by atomic mass is 19.1. The van der Waals surface area contributed by atoms with Crippen LogP contribution >= 0.6 is 0 Å². The first-order valence-electron chi connectivity index (χ1n) is 10.4. The molecule has 2 aliphatic heterocycles. The second-order valence-electron chi connectivity index (χ2n) is 8.52. The molecule has 0 radical (unpaired) electrons. The van der Waals surface area contributed by atoms with Crippen molar-refractivity contribution in [1.29, 1.82) is 0 Å². The molecule has 1 aromatic heterocycles. The van der Waals surface area contributed by atoms with Crippen LogP contribution in [0.2, 0.25) is 0 Å². The number of benzene rings is 1. The first-order chi connectivity index (χ1) is 14.5. The third-order valence-electron chi connectivity index (χ3n) is 6.39. The zero-order valence-corrected chi connectivity index (χ0v) is 17.3. The van der Waals surface area contributed by atoms with E-state index in [0.29, 0.717) is 42.9 Å². The molecule has 1 aromatic carbocycles. The molecule has 3 heterocycles. The van der Waals surface area contributed by atoms with E-state index in [4.69, 9.17) is 4.74 Å². The van der Waals surface area contributed by atoms with Crippen LogP contribution in [0.1, 0.15) is 35.2 Å². The van der Waals surface area contributed by atoms with Crippen molar-refractivity contribution in [3.63, 3.8) is 0 Å². The molecule has 6 nitrogen and oxygen atoms in total. The fourth-order valence-electron chi connectivity index (χ4n) is 4.75. The molecule has 30 heavy (non-hydrogen) atoms. The Balaban J connectivity index is 1.39. The van der Waals surface area contributed by atoms with E-state index in [1.165, 1.54) is 13.2 Å². The van der Waals surface area contributed by atoms with Crippen molar-refractivity contribution in [3.8, 4) is 5.75 Å². The third kappa shape index (κ3) is 4.47. The van der Waals surface area contributed by atoms with Crippen molar-refractivity contribution in [2.24, 2.45) is 5.41 Å². The number of hydrogen-bond acceptors (Lipinski definition) is 5. The molecule has 1 N–H and O–H groups in total. The molecule has 0 bridgehead atoms. The van der Waals surface area contributed by atoms with Crippen LogP contribution in [-0.2, 0) is 6.54 Å². The molecule has 2 fully saturated rings. The van der Waals surface area contributed by atoms with Gasteiger partial charge in [-0.2, -0.15) is 0 Å². The second-order valence-corrected chi connectivity index (χ2v) is 8.52. The first kappa shape index (κ1) is 20.8. The van der Waals surface area contributed by atoms with Gasteiger partial charge in [0.2, 0.25) is 0 Å². The smallest absolute Gasteiger partial charge is 0.255 e. The molecule has 1 unspecified atom stereocenters. The quantitative estimate of drug-likeness (QED) is 0.835. The lowest BCUT2D eigenvalue weighted by atomic mass is 9.71. The first-order valence-corrected chi connectivity index (χ1v) is 10.4. The van der Waals surface area contributed by atoms with Crippen LogP contribution in [0.4, 0.5) is 4.39 Å². The minimum atomic E-state index is -0.523. The Morgan fingerprint density at radius 2 is 2.13 bits per heavy atom. The van der Waals surface area contributed by atoms with E-state index >= 15 is 0 Å². The number of hydrogen-bond donors (Lipinski definition) is 1. The largest absolute Gasteiger partial charge is 0.497 e. The number of aromatic nitrogens is 1. The molecule has 1 amide bonds. The molecular formula is C23H28FN3O3. The molecular weight excluding hydrogens is 385 g/mol. The molecule has 1 spiro atoms. The lowest BCUT2D eigenvalue weighted by Gasteiger charge is -2.49. The Kier molecular flexibility index (Phi) is 6.01. The summed E-state index contributed by atoms with van der Waals surface area (Å²) in [5.41, 5.74) is 1.11. The van der Waals surface area contributed by atoms with Crippen molar-refractivity contribution in [1.82, 2.24) is 14.8 Å². The number of ether oxygens (including phenoxy) is 1. The number of aliphatic hydroxyl groups excluding tert-OH is 1. The predicted molar refractivity (Wildman–Crippen MR) is 111 cm³/mol. The van der Waals surface area contributed by atoms with Crippen molar-refractivity contribution in [2.45, 2.75) is 31.9 Å². The number of nitrogens with zero attached hydrogens (tertiary/aromatic N) is 3. The topological polar surface area (TPSA) is 65.9 Å². The number of pyridine rings is 1. The molecule has 0 saturated carbocycles. The van der Waals surface area contributed by atoms with E-state index < -0.39 is 6.10 Å². The van der Waals surface area contributed by atoms with Crippen molar-refractivity contribution in [2.75, 3.05) is 33.3 Å². The van der Waals surface area contributed by atoms with E-state index in [9.17, 15) is 14.3 Å². The molecule has 7 heteroatoms. The summed E-state index contributed by atoms with van der Waals surface area (Å²) in [6.07, 6.45) is 5.14. The molecule has 4 rings (SSSR count). The van der Waals surface area contributed by atoms with Gasteiger partial charge in [0.05, 0.1) is 18.8 Å². The van der Waals surface area contributed by atoms with Crippen molar-refractivity contribution >= 4 is 5.91 Å². The Hall–Kier alpha value is -2.51. The number of β-amino-alcohol motifs (C(OH)–C–C–N with tert-alkyl or cyclic N) is 1. The Labute approximate surface area is 176 Å². The van der Waals surface area contributed by atoms with Crippen LogP contribution in [0.25, 0.3) is 0 Å². The molecule has 0 aliphatic carbocycles. The predicted octanol–water partition coefficient (Wildman–Crippen LogP) is 2.72. The minimum Gasteiger partial charge on any atom is -0.497 e. The number of piperidine rings is 2. The van der Waals surface area contributed by atoms with Gasteiger partial charge < -0.3 is 14.7 Å². The summed E-state index contributed by atoms with van der Waals surface area (Å²) in [5, 5.41) is 10.5. The van der Waals surface area contributed by atoms with Gasteiger partial charge in [0.25, 0.3) is 5.91 Å². The number of carbonyl (C=O) groups excluding carboxylic acids is 1. The van der Waals surface area contributed by atoms with Gasteiger partial charge in [-0.3, -0.25) is 14.7 Å². The number of halogens is 1. The van der Waals surface area contributed by atoms with Gasteiger partial charge in [-0.1, -0.05) is 6.07 Å². The number of carbonyl (C=O) groups is 1. The van der Waals surface area contributed by atoms with Gasteiger partial charge in [0, 0.05) is 43.7 Å². The normalized spacial score (nSPS) is 21.6. The van der Waals surface area contributed by atoms with E-state index in [0.717, 1.165) is 25.9 Å². The van der Waals surface area contributed by atoms with E-state index in [-0.39, 0.29) is 17.1 Å². The molecule has 2 aliphatic rings. The lowest BCUT2D eigenvalue weighted by Crippen LogP contribution is -2.55. The Morgan fingerprint density at radius 1 is 1.33 bits per heavy atom. The summed E-state index contributed by atoms with van der Waals surface area (Å²) >= 11 is 0. The summed E-state index contributed by atoms with van der Waals surface area (Å²) in [5.74, 6) is 0.184. The van der Waals surface area contributed by atoms with Gasteiger partial charge >= 0.3 is 0 Å². The highest BCUT2D eigenvalue weighted by Gasteiger charge is 2.43. The summed E-state index contributed by atoms with van der Waals surface area (Å²) in [6, 6.07) is 8.48. The fraction of sp³-hybridized carbons (Fsp3) is 0.478.